The zero-order valence-electron chi connectivity index (χ0n) is 17.9. The zero-order valence-corrected chi connectivity index (χ0v) is 17.9. The third kappa shape index (κ3) is 4.15. The predicted molar refractivity (Wildman–Crippen MR) is 116 cm³/mol. The Kier molecular flexibility index (Phi) is 5.73. The number of hydrogen-bond acceptors (Lipinski definition) is 9. The lowest BCUT2D eigenvalue weighted by molar-refractivity contribution is 0.0526. The Bertz CT molecular complexity index is 1090. The lowest BCUT2D eigenvalue weighted by atomic mass is 9.77. The molecule has 31 heavy (non-hydrogen) atoms. The number of aromatic nitrogens is 5. The molecule has 10 heteroatoms. The summed E-state index contributed by atoms with van der Waals surface area (Å²) in [5, 5.41) is 21.5. The van der Waals surface area contributed by atoms with E-state index in [-0.39, 0.29) is 30.8 Å². The van der Waals surface area contributed by atoms with Crippen molar-refractivity contribution in [2.24, 2.45) is 0 Å². The van der Waals surface area contributed by atoms with Crippen molar-refractivity contribution in [2.45, 2.75) is 51.6 Å². The van der Waals surface area contributed by atoms with Crippen LogP contribution in [0.25, 0.3) is 10.9 Å². The predicted octanol–water partition coefficient (Wildman–Crippen LogP) is 3.05. The molecule has 0 aliphatic heterocycles. The Morgan fingerprint density at radius 2 is 2.10 bits per heavy atom. The van der Waals surface area contributed by atoms with Gasteiger partial charge in [-0.2, -0.15) is 10.1 Å². The van der Waals surface area contributed by atoms with Gasteiger partial charge in [0.15, 0.2) is 0 Å². The summed E-state index contributed by atoms with van der Waals surface area (Å²) in [5.74, 6) is 0.665. The lowest BCUT2D eigenvalue weighted by Gasteiger charge is -2.41. The van der Waals surface area contributed by atoms with Crippen LogP contribution in [0.5, 0.6) is 0 Å². The van der Waals surface area contributed by atoms with E-state index in [1.807, 2.05) is 10.7 Å². The molecule has 3 aromatic rings. The number of carbonyl (C=O) groups excluding carboxylic acids is 1. The molecule has 0 amide bonds. The van der Waals surface area contributed by atoms with Crippen molar-refractivity contribution in [3.63, 3.8) is 0 Å². The number of aliphatic hydroxyl groups is 1. The van der Waals surface area contributed by atoms with E-state index in [0.717, 1.165) is 30.2 Å². The van der Waals surface area contributed by atoms with Crippen LogP contribution in [-0.4, -0.2) is 54.6 Å². The van der Waals surface area contributed by atoms with E-state index < -0.39 is 11.5 Å². The minimum atomic E-state index is -0.510. The molecule has 0 unspecified atom stereocenters. The van der Waals surface area contributed by atoms with E-state index >= 15 is 0 Å². The normalized spacial score (nSPS) is 15.0. The summed E-state index contributed by atoms with van der Waals surface area (Å²) in [6, 6.07) is 2.10. The van der Waals surface area contributed by atoms with Gasteiger partial charge in [0.1, 0.15) is 17.2 Å². The van der Waals surface area contributed by atoms with E-state index in [4.69, 9.17) is 4.74 Å². The topological polar surface area (TPSA) is 127 Å². The van der Waals surface area contributed by atoms with Gasteiger partial charge in [0.05, 0.1) is 30.5 Å². The number of hydrogen-bond donors (Lipinski definition) is 3. The van der Waals surface area contributed by atoms with Gasteiger partial charge in [0, 0.05) is 29.9 Å². The molecule has 10 nitrogen and oxygen atoms in total. The second kappa shape index (κ2) is 8.46. The maximum absolute atomic E-state index is 12.4. The highest BCUT2D eigenvalue weighted by molar-refractivity contribution is 5.94. The third-order valence-electron chi connectivity index (χ3n) is 5.49. The molecule has 0 saturated heterocycles. The molecule has 0 atom stereocenters. The number of ether oxygens (including phenoxy) is 1. The number of esters is 1. The number of rotatable bonds is 8. The molecule has 3 heterocycles. The molecule has 0 spiro atoms. The molecule has 4 rings (SSSR count). The SMILES string of the molecule is CCOC(=O)c1cnc(Nc2cc3c(cn2)cnn3C(C)C)nc1NC1(CO)CCC1. The summed E-state index contributed by atoms with van der Waals surface area (Å²) < 4.78 is 7.06. The average molecular weight is 425 g/mol. The molecule has 0 radical (unpaired) electrons. The van der Waals surface area contributed by atoms with E-state index in [1.54, 1.807) is 19.3 Å². The average Bonchev–Trinajstić information content (AvgIpc) is 3.14. The van der Waals surface area contributed by atoms with Crippen molar-refractivity contribution in [1.82, 2.24) is 24.7 Å². The largest absolute Gasteiger partial charge is 0.462 e. The molecular weight excluding hydrogens is 398 g/mol. The summed E-state index contributed by atoms with van der Waals surface area (Å²) >= 11 is 0. The van der Waals surface area contributed by atoms with Crippen LogP contribution in [0.3, 0.4) is 0 Å². The summed E-state index contributed by atoms with van der Waals surface area (Å²) in [6.07, 6.45) is 7.56. The Hall–Kier alpha value is -3.27. The first kappa shape index (κ1) is 21.0. The van der Waals surface area contributed by atoms with Crippen molar-refractivity contribution < 1.29 is 14.6 Å². The van der Waals surface area contributed by atoms with Crippen LogP contribution >= 0.6 is 0 Å². The minimum Gasteiger partial charge on any atom is -0.462 e. The number of fused-ring (bicyclic) bond motifs is 1. The van der Waals surface area contributed by atoms with Gasteiger partial charge in [-0.3, -0.25) is 4.68 Å². The van der Waals surface area contributed by atoms with E-state index in [2.05, 4.69) is 44.5 Å². The molecule has 1 aliphatic carbocycles. The van der Waals surface area contributed by atoms with Crippen LogP contribution in [0, 0.1) is 0 Å². The number of nitrogens with zero attached hydrogens (tertiary/aromatic N) is 5. The number of aliphatic hydroxyl groups excluding tert-OH is 1. The van der Waals surface area contributed by atoms with Crippen molar-refractivity contribution in [3.05, 3.63) is 30.2 Å². The van der Waals surface area contributed by atoms with Crippen LogP contribution < -0.4 is 10.6 Å². The van der Waals surface area contributed by atoms with Crippen LogP contribution in [0.1, 0.15) is 56.4 Å². The number of carbonyl (C=O) groups is 1. The van der Waals surface area contributed by atoms with Crippen LogP contribution in [0.2, 0.25) is 0 Å². The first-order valence-electron chi connectivity index (χ1n) is 10.5. The molecule has 0 aromatic carbocycles. The van der Waals surface area contributed by atoms with E-state index in [1.165, 1.54) is 6.20 Å². The molecule has 3 aromatic heterocycles. The smallest absolute Gasteiger partial charge is 0.343 e. The van der Waals surface area contributed by atoms with Crippen molar-refractivity contribution in [2.75, 3.05) is 23.8 Å². The quantitative estimate of drug-likeness (QED) is 0.467. The Labute approximate surface area is 180 Å². The molecule has 1 fully saturated rings. The number of pyridine rings is 1. The fourth-order valence-electron chi connectivity index (χ4n) is 3.61. The second-order valence-electron chi connectivity index (χ2n) is 8.03. The summed E-state index contributed by atoms with van der Waals surface area (Å²) in [5.41, 5.74) is 0.699. The number of nitrogens with one attached hydrogen (secondary N) is 2. The molecule has 0 bridgehead atoms. The monoisotopic (exact) mass is 425 g/mol. The molecular formula is C21H27N7O3. The van der Waals surface area contributed by atoms with Crippen molar-refractivity contribution >= 4 is 34.5 Å². The van der Waals surface area contributed by atoms with Gasteiger partial charge in [0.25, 0.3) is 0 Å². The highest BCUT2D eigenvalue weighted by Crippen LogP contribution is 2.35. The van der Waals surface area contributed by atoms with Gasteiger partial charge in [-0.15, -0.1) is 0 Å². The molecule has 3 N–H and O–H groups in total. The summed E-state index contributed by atoms with van der Waals surface area (Å²) in [7, 11) is 0. The first-order chi connectivity index (χ1) is 14.9. The van der Waals surface area contributed by atoms with Crippen LogP contribution in [-0.2, 0) is 4.74 Å². The van der Waals surface area contributed by atoms with E-state index in [0.29, 0.717) is 11.6 Å². The van der Waals surface area contributed by atoms with Gasteiger partial charge < -0.3 is 20.5 Å². The van der Waals surface area contributed by atoms with Gasteiger partial charge >= 0.3 is 5.97 Å². The Morgan fingerprint density at radius 1 is 1.29 bits per heavy atom. The van der Waals surface area contributed by atoms with Gasteiger partial charge in [0.2, 0.25) is 5.95 Å². The van der Waals surface area contributed by atoms with Crippen LogP contribution in [0.15, 0.2) is 24.7 Å². The highest BCUT2D eigenvalue weighted by atomic mass is 16.5. The van der Waals surface area contributed by atoms with Crippen molar-refractivity contribution in [1.29, 1.82) is 0 Å². The summed E-state index contributed by atoms with van der Waals surface area (Å²) in [6.45, 7) is 6.07. The van der Waals surface area contributed by atoms with Gasteiger partial charge in [-0.25, -0.2) is 14.8 Å². The Morgan fingerprint density at radius 3 is 2.74 bits per heavy atom. The van der Waals surface area contributed by atoms with E-state index in [9.17, 15) is 9.90 Å². The fraction of sp³-hybridized carbons (Fsp3) is 0.476. The molecule has 164 valence electrons. The standard InChI is InChI=1S/C21H27N7O3/c1-4-31-19(30)15-11-23-20(26-18(15)27-21(12-29)6-5-7-21)25-17-8-16-14(9-22-17)10-24-28(16)13(2)3/h8-11,13,29H,4-7,12H2,1-3H3,(H2,22,23,25,26,27). The maximum atomic E-state index is 12.4. The molecule has 1 aliphatic rings. The number of anilines is 3. The van der Waals surface area contributed by atoms with Crippen LogP contribution in [0.4, 0.5) is 17.6 Å². The second-order valence-corrected chi connectivity index (χ2v) is 8.03. The minimum absolute atomic E-state index is 0.0422. The summed E-state index contributed by atoms with van der Waals surface area (Å²) in [4.78, 5) is 25.6. The first-order valence-corrected chi connectivity index (χ1v) is 10.5. The van der Waals surface area contributed by atoms with Crippen molar-refractivity contribution in [3.8, 4) is 0 Å². The van der Waals surface area contributed by atoms with Gasteiger partial charge in [-0.05, 0) is 40.0 Å². The zero-order chi connectivity index (χ0) is 22.0. The lowest BCUT2D eigenvalue weighted by Crippen LogP contribution is -2.48. The molecule has 1 saturated carbocycles. The highest BCUT2D eigenvalue weighted by Gasteiger charge is 2.37. The third-order valence-corrected chi connectivity index (χ3v) is 5.49. The Balaban J connectivity index is 1.65. The van der Waals surface area contributed by atoms with Gasteiger partial charge in [-0.1, -0.05) is 0 Å². The fourth-order valence-corrected chi connectivity index (χ4v) is 3.61. The maximum Gasteiger partial charge on any atom is 0.343 e.